The second-order valence-corrected chi connectivity index (χ2v) is 4.71. The van der Waals surface area contributed by atoms with Crippen molar-refractivity contribution in [3.63, 3.8) is 0 Å². The molecule has 0 aromatic heterocycles. The number of hydrogen-bond donors (Lipinski definition) is 1. The van der Waals surface area contributed by atoms with E-state index < -0.39 is 0 Å². The smallest absolute Gasteiger partial charge is 0.192 e. The number of rotatable bonds is 2. The number of nitrogens with zero attached hydrogens (tertiary/aromatic N) is 2. The lowest BCUT2D eigenvalue weighted by atomic mass is 9.98. The molecule has 2 aliphatic rings. The van der Waals surface area contributed by atoms with E-state index in [-0.39, 0.29) is 5.54 Å². The molecular weight excluding hydrogens is 182 g/mol. The fourth-order valence-corrected chi connectivity index (χ4v) is 3.43. The third-order valence-corrected chi connectivity index (χ3v) is 4.01. The van der Waals surface area contributed by atoms with Crippen molar-refractivity contribution in [2.75, 3.05) is 24.6 Å². The Bertz CT molecular complexity index is 243. The molecule has 1 atom stereocenters. The van der Waals surface area contributed by atoms with Crippen molar-refractivity contribution in [1.29, 1.82) is 0 Å². The van der Waals surface area contributed by atoms with Gasteiger partial charge in [-0.25, -0.2) is 0 Å². The maximum absolute atomic E-state index is 5.84. The van der Waals surface area contributed by atoms with Gasteiger partial charge in [-0.05, 0) is 12.2 Å². The molecule has 0 amide bonds. The topological polar surface area (TPSA) is 41.6 Å². The first-order chi connectivity index (χ1) is 6.28. The van der Waals surface area contributed by atoms with Crippen LogP contribution in [0.25, 0.3) is 0 Å². The zero-order chi connectivity index (χ0) is 9.31. The van der Waals surface area contributed by atoms with Crippen LogP contribution in [0.3, 0.4) is 0 Å². The Kier molecular flexibility index (Phi) is 2.24. The van der Waals surface area contributed by atoms with Crippen LogP contribution in [0, 0.1) is 0 Å². The summed E-state index contributed by atoms with van der Waals surface area (Å²) in [6.45, 7) is 5.46. The maximum Gasteiger partial charge on any atom is 0.192 e. The highest BCUT2D eigenvalue weighted by atomic mass is 32.2. The van der Waals surface area contributed by atoms with Crippen LogP contribution in [0.4, 0.5) is 0 Å². The molecule has 1 saturated heterocycles. The van der Waals surface area contributed by atoms with Gasteiger partial charge in [-0.15, -0.1) is 6.58 Å². The first-order valence-corrected chi connectivity index (χ1v) is 5.70. The lowest BCUT2D eigenvalue weighted by molar-refractivity contribution is 0.249. The number of aliphatic imine (C=N–C) groups is 1. The van der Waals surface area contributed by atoms with E-state index in [1.165, 1.54) is 12.2 Å². The highest BCUT2D eigenvalue weighted by Gasteiger charge is 2.43. The van der Waals surface area contributed by atoms with Crippen LogP contribution in [0.5, 0.6) is 0 Å². The zero-order valence-electron chi connectivity index (χ0n) is 7.70. The SMILES string of the molecule is C=CCN1C(N)=NCC12CCSC2. The zero-order valence-corrected chi connectivity index (χ0v) is 8.52. The van der Waals surface area contributed by atoms with Crippen LogP contribution in [0.2, 0.25) is 0 Å². The van der Waals surface area contributed by atoms with E-state index in [9.17, 15) is 0 Å². The summed E-state index contributed by atoms with van der Waals surface area (Å²) in [7, 11) is 0. The van der Waals surface area contributed by atoms with E-state index >= 15 is 0 Å². The predicted molar refractivity (Wildman–Crippen MR) is 58.1 cm³/mol. The van der Waals surface area contributed by atoms with Crippen molar-refractivity contribution in [3.8, 4) is 0 Å². The molecule has 1 fully saturated rings. The molecule has 0 saturated carbocycles. The Morgan fingerprint density at radius 2 is 2.62 bits per heavy atom. The van der Waals surface area contributed by atoms with Crippen LogP contribution in [-0.2, 0) is 0 Å². The molecule has 0 aromatic rings. The lowest BCUT2D eigenvalue weighted by Crippen LogP contribution is -2.51. The number of guanidine groups is 1. The van der Waals surface area contributed by atoms with Gasteiger partial charge in [0.1, 0.15) is 0 Å². The van der Waals surface area contributed by atoms with Crippen molar-refractivity contribution in [1.82, 2.24) is 4.90 Å². The molecule has 0 aromatic carbocycles. The van der Waals surface area contributed by atoms with E-state index in [0.717, 1.165) is 18.8 Å². The molecule has 2 N–H and O–H groups in total. The van der Waals surface area contributed by atoms with E-state index in [1.54, 1.807) is 0 Å². The normalized spacial score (nSPS) is 32.6. The Morgan fingerprint density at radius 3 is 3.23 bits per heavy atom. The van der Waals surface area contributed by atoms with Crippen LogP contribution in [0.15, 0.2) is 17.6 Å². The molecule has 13 heavy (non-hydrogen) atoms. The van der Waals surface area contributed by atoms with E-state index in [1.807, 2.05) is 17.8 Å². The van der Waals surface area contributed by atoms with Crippen molar-refractivity contribution in [2.45, 2.75) is 12.0 Å². The molecule has 0 aliphatic carbocycles. The van der Waals surface area contributed by atoms with Crippen molar-refractivity contribution >= 4 is 17.7 Å². The summed E-state index contributed by atoms with van der Waals surface area (Å²) < 4.78 is 0. The standard InChI is InChI=1S/C9H15N3S/c1-2-4-12-8(10)11-6-9(12)3-5-13-7-9/h2H,1,3-7H2,(H2,10,11). The van der Waals surface area contributed by atoms with Gasteiger partial charge < -0.3 is 10.6 Å². The number of nitrogens with two attached hydrogens (primary N) is 1. The third-order valence-electron chi connectivity index (χ3n) is 2.78. The minimum absolute atomic E-state index is 0.225. The van der Waals surface area contributed by atoms with Gasteiger partial charge in [0, 0.05) is 12.3 Å². The molecule has 0 radical (unpaired) electrons. The molecule has 1 unspecified atom stereocenters. The van der Waals surface area contributed by atoms with Crippen LogP contribution in [-0.4, -0.2) is 41.0 Å². The van der Waals surface area contributed by atoms with Crippen molar-refractivity contribution < 1.29 is 0 Å². The monoisotopic (exact) mass is 197 g/mol. The summed E-state index contributed by atoms with van der Waals surface area (Å²) in [5.41, 5.74) is 6.06. The molecule has 1 spiro atoms. The Hall–Kier alpha value is -0.640. The van der Waals surface area contributed by atoms with Crippen LogP contribution >= 0.6 is 11.8 Å². The molecule has 4 heteroatoms. The van der Waals surface area contributed by atoms with E-state index in [4.69, 9.17) is 5.73 Å². The summed E-state index contributed by atoms with van der Waals surface area (Å²) in [6.07, 6.45) is 3.11. The summed E-state index contributed by atoms with van der Waals surface area (Å²) in [5.74, 6) is 3.09. The van der Waals surface area contributed by atoms with E-state index in [2.05, 4.69) is 16.5 Å². The Balaban J connectivity index is 2.17. The minimum atomic E-state index is 0.225. The van der Waals surface area contributed by atoms with Gasteiger partial charge in [0.2, 0.25) is 0 Å². The van der Waals surface area contributed by atoms with Gasteiger partial charge in [-0.1, -0.05) is 6.08 Å². The Morgan fingerprint density at radius 1 is 1.77 bits per heavy atom. The lowest BCUT2D eigenvalue weighted by Gasteiger charge is -2.34. The van der Waals surface area contributed by atoms with Crippen molar-refractivity contribution in [2.24, 2.45) is 10.7 Å². The van der Waals surface area contributed by atoms with Crippen LogP contribution < -0.4 is 5.73 Å². The number of hydrogen-bond acceptors (Lipinski definition) is 4. The van der Waals surface area contributed by atoms with Crippen molar-refractivity contribution in [3.05, 3.63) is 12.7 Å². The fourth-order valence-electron chi connectivity index (χ4n) is 1.99. The molecule has 0 bridgehead atoms. The van der Waals surface area contributed by atoms with Gasteiger partial charge in [0.05, 0.1) is 12.1 Å². The summed E-state index contributed by atoms with van der Waals surface area (Å²) >= 11 is 2.00. The second kappa shape index (κ2) is 3.25. The van der Waals surface area contributed by atoms with Gasteiger partial charge in [-0.2, -0.15) is 11.8 Å². The summed E-state index contributed by atoms with van der Waals surface area (Å²) in [4.78, 5) is 6.54. The highest BCUT2D eigenvalue weighted by Crippen LogP contribution is 2.36. The Labute approximate surface area is 83.1 Å². The molecule has 3 nitrogen and oxygen atoms in total. The fraction of sp³-hybridized carbons (Fsp3) is 0.667. The molecule has 72 valence electrons. The van der Waals surface area contributed by atoms with E-state index in [0.29, 0.717) is 5.96 Å². The maximum atomic E-state index is 5.84. The molecule has 2 aliphatic heterocycles. The first-order valence-electron chi connectivity index (χ1n) is 4.55. The first kappa shape index (κ1) is 8.94. The van der Waals surface area contributed by atoms with Gasteiger partial charge in [0.15, 0.2) is 5.96 Å². The summed E-state index contributed by atoms with van der Waals surface area (Å²) in [5, 5.41) is 0. The number of thioether (sulfide) groups is 1. The highest BCUT2D eigenvalue weighted by molar-refractivity contribution is 7.99. The summed E-state index contributed by atoms with van der Waals surface area (Å²) in [6, 6.07) is 0. The molecular formula is C9H15N3S. The van der Waals surface area contributed by atoms with Crippen LogP contribution in [0.1, 0.15) is 6.42 Å². The van der Waals surface area contributed by atoms with Gasteiger partial charge in [0.25, 0.3) is 0 Å². The van der Waals surface area contributed by atoms with Gasteiger partial charge >= 0.3 is 0 Å². The largest absolute Gasteiger partial charge is 0.370 e. The van der Waals surface area contributed by atoms with Gasteiger partial charge in [-0.3, -0.25) is 4.99 Å². The minimum Gasteiger partial charge on any atom is -0.370 e. The average Bonchev–Trinajstić information content (AvgIpc) is 2.69. The quantitative estimate of drug-likeness (QED) is 0.662. The molecule has 2 rings (SSSR count). The predicted octanol–water partition coefficient (Wildman–Crippen LogP) is 0.678. The third kappa shape index (κ3) is 1.33. The second-order valence-electron chi connectivity index (χ2n) is 3.60. The average molecular weight is 197 g/mol. The molecule has 2 heterocycles.